The van der Waals surface area contributed by atoms with Crippen LogP contribution in [0.15, 0.2) is 9.59 Å². The van der Waals surface area contributed by atoms with Crippen molar-refractivity contribution in [1.82, 2.24) is 19.1 Å². The minimum atomic E-state index is -1.53. The Morgan fingerprint density at radius 3 is 2.67 bits per heavy atom. The molecule has 1 N–H and O–H groups in total. The zero-order chi connectivity index (χ0) is 12.7. The van der Waals surface area contributed by atoms with Gasteiger partial charge in [-0.25, -0.2) is 4.79 Å². The number of nitrogens with one attached hydrogen (secondary N) is 1. The number of aliphatic carboxylic acids is 1. The maximum Gasteiger partial charge on any atom is 1.00 e. The van der Waals surface area contributed by atoms with Crippen molar-refractivity contribution in [3.8, 4) is 0 Å². The van der Waals surface area contributed by atoms with Crippen molar-refractivity contribution in [2.75, 3.05) is 0 Å². The van der Waals surface area contributed by atoms with Crippen molar-refractivity contribution in [1.29, 1.82) is 0 Å². The normalized spacial score (nSPS) is 10.3. The summed E-state index contributed by atoms with van der Waals surface area (Å²) in [6, 6.07) is 0. The summed E-state index contributed by atoms with van der Waals surface area (Å²) >= 11 is 5.58. The topological polar surface area (TPSA) is 113 Å². The summed E-state index contributed by atoms with van der Waals surface area (Å²) < 4.78 is 1.56. The molecular weight excluding hydrogens is 275 g/mol. The molecule has 2 aromatic heterocycles. The number of rotatable bonds is 2. The van der Waals surface area contributed by atoms with E-state index in [9.17, 15) is 19.5 Å². The summed E-state index contributed by atoms with van der Waals surface area (Å²) in [4.78, 5) is 40.1. The second-order valence-corrected chi connectivity index (χ2v) is 3.69. The quantitative estimate of drug-likeness (QED) is 0.436. The number of aromatic amines is 1. The third-order valence-electron chi connectivity index (χ3n) is 2.24. The number of H-pyrrole nitrogens is 1. The molecule has 0 spiro atoms. The first-order chi connectivity index (χ1) is 7.91. The first-order valence-corrected chi connectivity index (χ1v) is 4.84. The van der Waals surface area contributed by atoms with E-state index < -0.39 is 23.8 Å². The molecule has 0 radical (unpaired) electrons. The van der Waals surface area contributed by atoms with Crippen molar-refractivity contribution >= 4 is 28.7 Å². The fourth-order valence-electron chi connectivity index (χ4n) is 1.49. The third-order valence-corrected chi connectivity index (χ3v) is 2.42. The summed E-state index contributed by atoms with van der Waals surface area (Å²) in [5, 5.41) is 10.4. The van der Waals surface area contributed by atoms with Crippen LogP contribution in [0.25, 0.3) is 11.2 Å². The number of halogens is 1. The fraction of sp³-hybridized carbons (Fsp3) is 0.250. The van der Waals surface area contributed by atoms with E-state index in [2.05, 4.69) is 9.97 Å². The molecule has 0 amide bonds. The number of aryl methyl sites for hydroxylation is 1. The molecule has 0 aliphatic heterocycles. The van der Waals surface area contributed by atoms with E-state index in [0.29, 0.717) is 4.57 Å². The first-order valence-electron chi connectivity index (χ1n) is 4.46. The zero-order valence-electron chi connectivity index (χ0n) is 9.56. The molecule has 0 saturated heterocycles. The van der Waals surface area contributed by atoms with Crippen LogP contribution < -0.4 is 45.9 Å². The number of carbonyl (C=O) groups is 1. The number of carboxylic acid groups (broad SMARTS) is 1. The van der Waals surface area contributed by atoms with Gasteiger partial charge < -0.3 is 14.9 Å². The Hall–Kier alpha value is -1.09. The van der Waals surface area contributed by atoms with Crippen LogP contribution in [-0.2, 0) is 18.4 Å². The van der Waals surface area contributed by atoms with Gasteiger partial charge in [0.25, 0.3) is 5.56 Å². The third kappa shape index (κ3) is 2.37. The summed E-state index contributed by atoms with van der Waals surface area (Å²) in [6.45, 7) is -0.821. The molecule has 2 heterocycles. The van der Waals surface area contributed by atoms with Crippen LogP contribution >= 0.6 is 11.6 Å². The van der Waals surface area contributed by atoms with Gasteiger partial charge in [-0.3, -0.25) is 13.9 Å². The van der Waals surface area contributed by atoms with Gasteiger partial charge in [-0.2, -0.15) is 4.98 Å². The summed E-state index contributed by atoms with van der Waals surface area (Å²) in [5.41, 5.74) is -1.56. The Kier molecular flexibility index (Phi) is 4.38. The molecule has 0 saturated carbocycles. The molecule has 0 atom stereocenters. The molecule has 0 fully saturated rings. The maximum atomic E-state index is 11.8. The number of nitrogens with zero attached hydrogens (tertiary/aromatic N) is 3. The molecule has 8 nitrogen and oxygen atoms in total. The predicted molar refractivity (Wildman–Crippen MR) is 55.6 cm³/mol. The van der Waals surface area contributed by atoms with Crippen molar-refractivity contribution in [2.45, 2.75) is 6.54 Å². The van der Waals surface area contributed by atoms with Gasteiger partial charge in [-0.15, -0.1) is 0 Å². The van der Waals surface area contributed by atoms with E-state index in [-0.39, 0.29) is 46.0 Å². The van der Waals surface area contributed by atoms with Gasteiger partial charge in [0, 0.05) is 7.05 Å². The fourth-order valence-corrected chi connectivity index (χ4v) is 1.66. The molecule has 0 aliphatic carbocycles. The second-order valence-electron chi connectivity index (χ2n) is 3.33. The van der Waals surface area contributed by atoms with Crippen molar-refractivity contribution in [3.63, 3.8) is 0 Å². The summed E-state index contributed by atoms with van der Waals surface area (Å²) in [5.74, 6) is -1.53. The van der Waals surface area contributed by atoms with Crippen LogP contribution in [0.1, 0.15) is 0 Å². The molecular formula is C8H6ClN4NaO4. The molecule has 2 aromatic rings. The number of aromatic nitrogens is 4. The molecule has 90 valence electrons. The average Bonchev–Trinajstić information content (AvgIpc) is 2.63. The van der Waals surface area contributed by atoms with Crippen LogP contribution in [0.3, 0.4) is 0 Å². The Labute approximate surface area is 126 Å². The first kappa shape index (κ1) is 15.0. The van der Waals surface area contributed by atoms with E-state index in [1.165, 1.54) is 7.05 Å². The Bertz CT molecular complexity index is 731. The van der Waals surface area contributed by atoms with Gasteiger partial charge in [0.05, 0.1) is 12.5 Å². The van der Waals surface area contributed by atoms with E-state index in [1.807, 2.05) is 0 Å². The van der Waals surface area contributed by atoms with Crippen LogP contribution in [0.5, 0.6) is 0 Å². The number of imidazole rings is 1. The molecule has 2 rings (SSSR count). The SMILES string of the molecule is Cn1c(=O)n(CC(=O)[O-])c(=O)c2[nH]c(Cl)nc21.[Na+]. The van der Waals surface area contributed by atoms with Gasteiger partial charge in [-0.1, -0.05) is 0 Å². The summed E-state index contributed by atoms with van der Waals surface area (Å²) in [7, 11) is 1.35. The Morgan fingerprint density at radius 1 is 1.50 bits per heavy atom. The predicted octanol–water partition coefficient (Wildman–Crippen LogP) is -5.17. The van der Waals surface area contributed by atoms with Gasteiger partial charge in [0.15, 0.2) is 11.2 Å². The summed E-state index contributed by atoms with van der Waals surface area (Å²) in [6.07, 6.45) is 0. The molecule has 0 aliphatic rings. The monoisotopic (exact) mass is 280 g/mol. The van der Waals surface area contributed by atoms with Crippen molar-refractivity contribution in [2.24, 2.45) is 7.05 Å². The van der Waals surface area contributed by atoms with Crippen molar-refractivity contribution < 1.29 is 39.5 Å². The van der Waals surface area contributed by atoms with Gasteiger partial charge in [0.1, 0.15) is 0 Å². The molecule has 10 heteroatoms. The standard InChI is InChI=1S/C8H7ClN4O4.Na/c1-12-5-4(10-7(9)11-5)6(16)13(8(12)17)2-3(14)15;/h2H2,1H3,(H,10,11)(H,14,15);/q;+1/p-1. The average molecular weight is 281 g/mol. The number of hydrogen-bond donors (Lipinski definition) is 1. The molecule has 0 aromatic carbocycles. The number of hydrogen-bond acceptors (Lipinski definition) is 5. The minimum Gasteiger partial charge on any atom is -0.548 e. The zero-order valence-corrected chi connectivity index (χ0v) is 12.3. The Morgan fingerprint density at radius 2 is 2.11 bits per heavy atom. The number of fused-ring (bicyclic) bond motifs is 1. The Balaban J connectivity index is 0.00000162. The largest absolute Gasteiger partial charge is 1.00 e. The van der Waals surface area contributed by atoms with Gasteiger partial charge in [-0.05, 0) is 11.6 Å². The molecule has 0 bridgehead atoms. The maximum absolute atomic E-state index is 11.8. The van der Waals surface area contributed by atoms with E-state index in [1.54, 1.807) is 0 Å². The van der Waals surface area contributed by atoms with E-state index in [4.69, 9.17) is 11.6 Å². The van der Waals surface area contributed by atoms with E-state index >= 15 is 0 Å². The van der Waals surface area contributed by atoms with Crippen LogP contribution in [0.4, 0.5) is 0 Å². The number of carbonyl (C=O) groups excluding carboxylic acids is 1. The smallest absolute Gasteiger partial charge is 0.548 e. The molecule has 0 unspecified atom stereocenters. The van der Waals surface area contributed by atoms with Gasteiger partial charge >= 0.3 is 35.2 Å². The molecule has 18 heavy (non-hydrogen) atoms. The van der Waals surface area contributed by atoms with Crippen LogP contribution in [0.2, 0.25) is 5.28 Å². The second kappa shape index (κ2) is 5.27. The van der Waals surface area contributed by atoms with Crippen LogP contribution in [-0.4, -0.2) is 25.1 Å². The van der Waals surface area contributed by atoms with Gasteiger partial charge in [0.2, 0.25) is 5.28 Å². The van der Waals surface area contributed by atoms with E-state index in [0.717, 1.165) is 4.57 Å². The van der Waals surface area contributed by atoms with Crippen molar-refractivity contribution in [3.05, 3.63) is 26.1 Å². The number of carboxylic acids is 1. The van der Waals surface area contributed by atoms with Crippen LogP contribution in [0, 0.1) is 0 Å². The minimum absolute atomic E-state index is 0.